The Hall–Kier alpha value is -3.60. The second-order valence-electron chi connectivity index (χ2n) is 6.79. The normalized spacial score (nSPS) is 11.4. The third-order valence-corrected chi connectivity index (χ3v) is 4.33. The van der Waals surface area contributed by atoms with Crippen molar-refractivity contribution in [2.75, 3.05) is 5.32 Å². The van der Waals surface area contributed by atoms with Crippen LogP contribution in [0.4, 0.5) is 5.69 Å². The van der Waals surface area contributed by atoms with Gasteiger partial charge in [-0.3, -0.25) is 4.79 Å². The van der Waals surface area contributed by atoms with Gasteiger partial charge in [-0.2, -0.15) is 0 Å². The first-order valence-electron chi connectivity index (χ1n) is 9.34. The SMILES string of the molecule is Cc1ccc(OC(C)C(=O)Oc2ccc(C(=O)Nc3ccccc3)cc2)c(C)c1. The molecule has 0 heterocycles. The fraction of sp³-hybridized carbons (Fsp3) is 0.167. The maximum atomic E-state index is 12.3. The van der Waals surface area contributed by atoms with Crippen LogP contribution in [0, 0.1) is 13.8 Å². The second-order valence-corrected chi connectivity index (χ2v) is 6.79. The summed E-state index contributed by atoms with van der Waals surface area (Å²) in [6, 6.07) is 21.3. The van der Waals surface area contributed by atoms with E-state index in [-0.39, 0.29) is 5.91 Å². The zero-order valence-electron chi connectivity index (χ0n) is 16.6. The summed E-state index contributed by atoms with van der Waals surface area (Å²) in [6.07, 6.45) is -0.766. The monoisotopic (exact) mass is 389 g/mol. The van der Waals surface area contributed by atoms with Gasteiger partial charge < -0.3 is 14.8 Å². The molecule has 0 radical (unpaired) electrons. The van der Waals surface area contributed by atoms with Crippen LogP contribution < -0.4 is 14.8 Å². The Morgan fingerprint density at radius 3 is 2.24 bits per heavy atom. The minimum Gasteiger partial charge on any atom is -0.479 e. The van der Waals surface area contributed by atoms with Gasteiger partial charge in [0.25, 0.3) is 5.91 Å². The standard InChI is InChI=1S/C24H23NO4/c1-16-9-14-22(17(2)15-16)28-18(3)24(27)29-21-12-10-19(11-13-21)23(26)25-20-7-5-4-6-8-20/h4-15,18H,1-3H3,(H,25,26). The van der Waals surface area contributed by atoms with Crippen LogP contribution in [0.15, 0.2) is 72.8 Å². The summed E-state index contributed by atoms with van der Waals surface area (Å²) in [7, 11) is 0. The van der Waals surface area contributed by atoms with E-state index in [0.717, 1.165) is 11.1 Å². The van der Waals surface area contributed by atoms with Gasteiger partial charge in [0.1, 0.15) is 11.5 Å². The van der Waals surface area contributed by atoms with E-state index >= 15 is 0 Å². The third kappa shape index (κ3) is 5.45. The van der Waals surface area contributed by atoms with Crippen molar-refractivity contribution >= 4 is 17.6 Å². The van der Waals surface area contributed by atoms with E-state index in [9.17, 15) is 9.59 Å². The second kappa shape index (κ2) is 9.06. The predicted octanol–water partition coefficient (Wildman–Crippen LogP) is 4.93. The van der Waals surface area contributed by atoms with Crippen molar-refractivity contribution in [3.05, 3.63) is 89.5 Å². The van der Waals surface area contributed by atoms with Gasteiger partial charge in [0.05, 0.1) is 0 Å². The minimum atomic E-state index is -0.766. The van der Waals surface area contributed by atoms with Gasteiger partial charge in [0.15, 0.2) is 6.10 Å². The van der Waals surface area contributed by atoms with Crippen molar-refractivity contribution in [2.24, 2.45) is 0 Å². The highest BCUT2D eigenvalue weighted by atomic mass is 16.6. The van der Waals surface area contributed by atoms with Crippen molar-refractivity contribution in [1.82, 2.24) is 0 Å². The van der Waals surface area contributed by atoms with E-state index in [1.54, 1.807) is 31.2 Å². The zero-order valence-corrected chi connectivity index (χ0v) is 16.6. The number of benzene rings is 3. The van der Waals surface area contributed by atoms with Crippen LogP contribution in [-0.4, -0.2) is 18.0 Å². The number of anilines is 1. The highest BCUT2D eigenvalue weighted by Gasteiger charge is 2.18. The molecule has 0 saturated carbocycles. The average molecular weight is 389 g/mol. The summed E-state index contributed by atoms with van der Waals surface area (Å²) < 4.78 is 11.1. The Morgan fingerprint density at radius 2 is 1.59 bits per heavy atom. The molecule has 3 aromatic carbocycles. The van der Waals surface area contributed by atoms with Gasteiger partial charge in [-0.15, -0.1) is 0 Å². The minimum absolute atomic E-state index is 0.236. The Balaban J connectivity index is 1.58. The molecule has 0 saturated heterocycles. The van der Waals surface area contributed by atoms with Crippen LogP contribution in [0.2, 0.25) is 0 Å². The molecule has 0 bridgehead atoms. The maximum absolute atomic E-state index is 12.3. The Kier molecular flexibility index (Phi) is 6.29. The number of rotatable bonds is 6. The summed E-state index contributed by atoms with van der Waals surface area (Å²) in [5.74, 6) is 0.252. The number of nitrogens with one attached hydrogen (secondary N) is 1. The van der Waals surface area contributed by atoms with Gasteiger partial charge >= 0.3 is 5.97 Å². The van der Waals surface area contributed by atoms with Crippen LogP contribution in [0.25, 0.3) is 0 Å². The Bertz CT molecular complexity index is 997. The van der Waals surface area contributed by atoms with Crippen LogP contribution in [-0.2, 0) is 4.79 Å². The molecular weight excluding hydrogens is 366 g/mol. The fourth-order valence-electron chi connectivity index (χ4n) is 2.77. The molecule has 1 atom stereocenters. The van der Waals surface area contributed by atoms with E-state index in [4.69, 9.17) is 9.47 Å². The number of carbonyl (C=O) groups excluding carboxylic acids is 2. The predicted molar refractivity (Wildman–Crippen MR) is 112 cm³/mol. The Morgan fingerprint density at radius 1 is 0.897 bits per heavy atom. The largest absolute Gasteiger partial charge is 0.479 e. The zero-order chi connectivity index (χ0) is 20.8. The van der Waals surface area contributed by atoms with Gasteiger partial charge in [0.2, 0.25) is 0 Å². The van der Waals surface area contributed by atoms with Gasteiger partial charge in [-0.1, -0.05) is 35.9 Å². The van der Waals surface area contributed by atoms with Crippen LogP contribution >= 0.6 is 0 Å². The van der Waals surface area contributed by atoms with Crippen molar-refractivity contribution in [3.8, 4) is 11.5 Å². The average Bonchev–Trinajstić information content (AvgIpc) is 2.71. The molecule has 1 amide bonds. The van der Waals surface area contributed by atoms with E-state index in [0.29, 0.717) is 22.7 Å². The molecule has 0 aliphatic carbocycles. The summed E-state index contributed by atoms with van der Waals surface area (Å²) in [4.78, 5) is 24.6. The van der Waals surface area contributed by atoms with Crippen molar-refractivity contribution in [2.45, 2.75) is 26.9 Å². The number of para-hydroxylation sites is 1. The van der Waals surface area contributed by atoms with Crippen LogP contribution in [0.1, 0.15) is 28.4 Å². The topological polar surface area (TPSA) is 64.6 Å². The molecule has 1 N–H and O–H groups in total. The smallest absolute Gasteiger partial charge is 0.352 e. The summed E-state index contributed by atoms with van der Waals surface area (Å²) >= 11 is 0. The molecule has 0 aliphatic heterocycles. The van der Waals surface area contributed by atoms with Crippen molar-refractivity contribution < 1.29 is 19.1 Å². The number of carbonyl (C=O) groups is 2. The maximum Gasteiger partial charge on any atom is 0.352 e. The van der Waals surface area contributed by atoms with Crippen molar-refractivity contribution in [1.29, 1.82) is 0 Å². The summed E-state index contributed by atoms with van der Waals surface area (Å²) in [5, 5.41) is 2.81. The molecule has 3 aromatic rings. The lowest BCUT2D eigenvalue weighted by molar-refractivity contribution is -0.141. The van der Waals surface area contributed by atoms with Gasteiger partial charge in [0, 0.05) is 11.3 Å². The molecule has 148 valence electrons. The molecular formula is C24H23NO4. The lowest BCUT2D eigenvalue weighted by Crippen LogP contribution is -2.28. The van der Waals surface area contributed by atoms with Crippen LogP contribution in [0.3, 0.4) is 0 Å². The number of aryl methyl sites for hydroxylation is 2. The van der Waals surface area contributed by atoms with E-state index in [1.165, 1.54) is 0 Å². The van der Waals surface area contributed by atoms with Crippen LogP contribution in [0.5, 0.6) is 11.5 Å². The Labute approximate surface area is 170 Å². The molecule has 0 fully saturated rings. The first kappa shape index (κ1) is 20.1. The molecule has 3 rings (SSSR count). The fourth-order valence-corrected chi connectivity index (χ4v) is 2.77. The first-order chi connectivity index (χ1) is 13.9. The number of hydrogen-bond donors (Lipinski definition) is 1. The number of esters is 1. The molecule has 0 aliphatic rings. The molecule has 0 spiro atoms. The lowest BCUT2D eigenvalue weighted by atomic mass is 10.1. The summed E-state index contributed by atoms with van der Waals surface area (Å²) in [6.45, 7) is 5.57. The highest BCUT2D eigenvalue weighted by molar-refractivity contribution is 6.04. The molecule has 0 aromatic heterocycles. The van der Waals surface area contributed by atoms with Crippen molar-refractivity contribution in [3.63, 3.8) is 0 Å². The van der Waals surface area contributed by atoms with E-state index in [1.807, 2.05) is 62.4 Å². The lowest BCUT2D eigenvalue weighted by Gasteiger charge is -2.16. The van der Waals surface area contributed by atoms with Gasteiger partial charge in [-0.25, -0.2) is 4.79 Å². The molecule has 1 unspecified atom stereocenters. The summed E-state index contributed by atoms with van der Waals surface area (Å²) in [5.41, 5.74) is 3.26. The van der Waals surface area contributed by atoms with E-state index < -0.39 is 12.1 Å². The molecule has 5 heteroatoms. The van der Waals surface area contributed by atoms with Gasteiger partial charge in [-0.05, 0) is 68.8 Å². The third-order valence-electron chi connectivity index (χ3n) is 4.33. The quantitative estimate of drug-likeness (QED) is 0.480. The van der Waals surface area contributed by atoms with E-state index in [2.05, 4.69) is 5.32 Å². The first-order valence-corrected chi connectivity index (χ1v) is 9.34. The number of amides is 1. The number of ether oxygens (including phenoxy) is 2. The number of hydrogen-bond acceptors (Lipinski definition) is 4. The molecule has 29 heavy (non-hydrogen) atoms. The highest BCUT2D eigenvalue weighted by Crippen LogP contribution is 2.21. The molecule has 5 nitrogen and oxygen atoms in total.